The molecule has 0 radical (unpaired) electrons. The molecule has 1 heterocycles. The third-order valence-corrected chi connectivity index (χ3v) is 1.79. The summed E-state index contributed by atoms with van der Waals surface area (Å²) in [7, 11) is 0. The van der Waals surface area contributed by atoms with Gasteiger partial charge in [-0.25, -0.2) is 4.98 Å². The first-order valence-electron chi connectivity index (χ1n) is 3.78. The lowest BCUT2D eigenvalue weighted by Crippen LogP contribution is -2.12. The molecule has 0 atom stereocenters. The van der Waals surface area contributed by atoms with E-state index in [1.165, 1.54) is 12.3 Å². The van der Waals surface area contributed by atoms with Gasteiger partial charge in [0.25, 0.3) is 5.88 Å². The van der Waals surface area contributed by atoms with Gasteiger partial charge >= 0.3 is 5.69 Å². The number of pyridine rings is 1. The standard InChI is InChI=1S/C7H8BrN3O3/c8-5-3-6(11(12)13)7(10-4-5)14-2-1-9/h3-4H,1-2,9H2. The Morgan fingerprint density at radius 1 is 1.71 bits per heavy atom. The quantitative estimate of drug-likeness (QED) is 0.647. The number of rotatable bonds is 4. The van der Waals surface area contributed by atoms with E-state index < -0.39 is 4.92 Å². The molecule has 1 aromatic heterocycles. The van der Waals surface area contributed by atoms with Gasteiger partial charge < -0.3 is 10.5 Å². The number of nitrogens with zero attached hydrogens (tertiary/aromatic N) is 2. The third-order valence-electron chi connectivity index (χ3n) is 1.35. The first kappa shape index (κ1) is 10.9. The van der Waals surface area contributed by atoms with Crippen LogP contribution in [0.4, 0.5) is 5.69 Å². The Balaban J connectivity index is 2.96. The summed E-state index contributed by atoms with van der Waals surface area (Å²) in [6.45, 7) is 0.490. The van der Waals surface area contributed by atoms with Crippen LogP contribution >= 0.6 is 15.9 Å². The second-order valence-electron chi connectivity index (χ2n) is 2.37. The SMILES string of the molecule is NCCOc1ncc(Br)cc1[N+](=O)[O-]. The van der Waals surface area contributed by atoms with E-state index in [-0.39, 0.29) is 24.7 Å². The summed E-state index contributed by atoms with van der Waals surface area (Å²) in [6.07, 6.45) is 1.43. The van der Waals surface area contributed by atoms with Gasteiger partial charge in [0.1, 0.15) is 6.61 Å². The first-order chi connectivity index (χ1) is 6.65. The number of aromatic nitrogens is 1. The van der Waals surface area contributed by atoms with Gasteiger partial charge in [0, 0.05) is 23.3 Å². The van der Waals surface area contributed by atoms with Crippen molar-refractivity contribution in [3.63, 3.8) is 0 Å². The van der Waals surface area contributed by atoms with E-state index in [0.717, 1.165) is 0 Å². The molecule has 0 aromatic carbocycles. The molecular weight excluding hydrogens is 254 g/mol. The molecule has 0 spiro atoms. The van der Waals surface area contributed by atoms with Crippen LogP contribution in [0.15, 0.2) is 16.7 Å². The number of ether oxygens (including phenoxy) is 1. The Hall–Kier alpha value is -1.21. The summed E-state index contributed by atoms with van der Waals surface area (Å²) in [5, 5.41) is 10.6. The smallest absolute Gasteiger partial charge is 0.332 e. The zero-order valence-corrected chi connectivity index (χ0v) is 8.73. The highest BCUT2D eigenvalue weighted by molar-refractivity contribution is 9.10. The van der Waals surface area contributed by atoms with Gasteiger partial charge in [0.2, 0.25) is 0 Å². The molecule has 0 aliphatic carbocycles. The highest BCUT2D eigenvalue weighted by Crippen LogP contribution is 2.26. The van der Waals surface area contributed by atoms with Crippen LogP contribution in [0.25, 0.3) is 0 Å². The lowest BCUT2D eigenvalue weighted by molar-refractivity contribution is -0.386. The predicted molar refractivity (Wildman–Crippen MR) is 53.1 cm³/mol. The van der Waals surface area contributed by atoms with Crippen molar-refractivity contribution in [2.75, 3.05) is 13.2 Å². The van der Waals surface area contributed by atoms with Crippen molar-refractivity contribution >= 4 is 21.6 Å². The predicted octanol–water partition coefficient (Wildman–Crippen LogP) is 1.09. The van der Waals surface area contributed by atoms with Crippen molar-refractivity contribution in [1.29, 1.82) is 0 Å². The Morgan fingerprint density at radius 3 is 3.00 bits per heavy atom. The van der Waals surface area contributed by atoms with Gasteiger partial charge in [-0.2, -0.15) is 0 Å². The van der Waals surface area contributed by atoms with E-state index >= 15 is 0 Å². The van der Waals surface area contributed by atoms with Crippen LogP contribution in [-0.2, 0) is 0 Å². The van der Waals surface area contributed by atoms with Gasteiger partial charge in [0.15, 0.2) is 0 Å². The van der Waals surface area contributed by atoms with Gasteiger partial charge in [-0.15, -0.1) is 0 Å². The number of nitro groups is 1. The average molecular weight is 262 g/mol. The molecular formula is C7H8BrN3O3. The number of halogens is 1. The van der Waals surface area contributed by atoms with E-state index in [0.29, 0.717) is 4.47 Å². The largest absolute Gasteiger partial charge is 0.471 e. The van der Waals surface area contributed by atoms with Crippen molar-refractivity contribution in [1.82, 2.24) is 4.98 Å². The average Bonchev–Trinajstić information content (AvgIpc) is 2.15. The molecule has 6 nitrogen and oxygen atoms in total. The van der Waals surface area contributed by atoms with Gasteiger partial charge in [-0.3, -0.25) is 10.1 Å². The third kappa shape index (κ3) is 2.64. The second-order valence-corrected chi connectivity index (χ2v) is 3.29. The normalized spacial score (nSPS) is 9.86. The second kappa shape index (κ2) is 4.87. The molecule has 76 valence electrons. The Labute approximate surface area is 88.4 Å². The summed E-state index contributed by atoms with van der Waals surface area (Å²) in [5.41, 5.74) is 5.03. The zero-order chi connectivity index (χ0) is 10.6. The Bertz CT molecular complexity index is 345. The molecule has 7 heteroatoms. The van der Waals surface area contributed by atoms with Crippen molar-refractivity contribution in [3.05, 3.63) is 26.9 Å². The molecule has 0 saturated carbocycles. The summed E-state index contributed by atoms with van der Waals surface area (Å²) in [4.78, 5) is 13.8. The molecule has 0 aliphatic heterocycles. The molecule has 0 bridgehead atoms. The molecule has 0 unspecified atom stereocenters. The van der Waals surface area contributed by atoms with Crippen molar-refractivity contribution in [2.45, 2.75) is 0 Å². The molecule has 0 amide bonds. The van der Waals surface area contributed by atoms with E-state index in [1.54, 1.807) is 0 Å². The highest BCUT2D eigenvalue weighted by Gasteiger charge is 2.16. The minimum atomic E-state index is -0.552. The van der Waals surface area contributed by atoms with E-state index in [1.807, 2.05) is 0 Å². The van der Waals surface area contributed by atoms with E-state index in [4.69, 9.17) is 10.5 Å². The summed E-state index contributed by atoms with van der Waals surface area (Å²) < 4.78 is 5.54. The first-order valence-corrected chi connectivity index (χ1v) is 4.57. The number of hydrogen-bond donors (Lipinski definition) is 1. The minimum absolute atomic E-state index is 0.0105. The Kier molecular flexibility index (Phi) is 3.78. The molecule has 1 aromatic rings. The summed E-state index contributed by atoms with van der Waals surface area (Å²) >= 11 is 3.09. The number of hydrogen-bond acceptors (Lipinski definition) is 5. The van der Waals surface area contributed by atoms with Crippen LogP contribution in [0.3, 0.4) is 0 Å². The molecule has 0 fully saturated rings. The van der Waals surface area contributed by atoms with Crippen molar-refractivity contribution < 1.29 is 9.66 Å². The van der Waals surface area contributed by atoms with Crippen molar-refractivity contribution in [2.24, 2.45) is 5.73 Å². The highest BCUT2D eigenvalue weighted by atomic mass is 79.9. The fraction of sp³-hybridized carbons (Fsp3) is 0.286. The lowest BCUT2D eigenvalue weighted by Gasteiger charge is -2.03. The molecule has 0 aliphatic rings. The molecule has 0 saturated heterocycles. The maximum absolute atomic E-state index is 10.6. The fourth-order valence-corrected chi connectivity index (χ4v) is 1.13. The monoisotopic (exact) mass is 261 g/mol. The maximum atomic E-state index is 10.6. The zero-order valence-electron chi connectivity index (χ0n) is 7.14. The lowest BCUT2D eigenvalue weighted by atomic mass is 10.4. The minimum Gasteiger partial charge on any atom is -0.471 e. The van der Waals surface area contributed by atoms with E-state index in [9.17, 15) is 10.1 Å². The van der Waals surface area contributed by atoms with Crippen LogP contribution in [0.1, 0.15) is 0 Å². The summed E-state index contributed by atoms with van der Waals surface area (Å²) in [6, 6.07) is 1.33. The topological polar surface area (TPSA) is 91.3 Å². The fourth-order valence-electron chi connectivity index (χ4n) is 0.814. The maximum Gasteiger partial charge on any atom is 0.332 e. The van der Waals surface area contributed by atoms with Crippen LogP contribution in [0.2, 0.25) is 0 Å². The van der Waals surface area contributed by atoms with Crippen molar-refractivity contribution in [3.8, 4) is 5.88 Å². The molecule has 14 heavy (non-hydrogen) atoms. The van der Waals surface area contributed by atoms with Crippen LogP contribution in [0.5, 0.6) is 5.88 Å². The van der Waals surface area contributed by atoms with Crippen LogP contribution in [-0.4, -0.2) is 23.1 Å². The van der Waals surface area contributed by atoms with Gasteiger partial charge in [0.05, 0.1) is 4.92 Å². The van der Waals surface area contributed by atoms with E-state index in [2.05, 4.69) is 20.9 Å². The van der Waals surface area contributed by atoms with Gasteiger partial charge in [-0.05, 0) is 15.9 Å². The van der Waals surface area contributed by atoms with Gasteiger partial charge in [-0.1, -0.05) is 0 Å². The molecule has 2 N–H and O–H groups in total. The summed E-state index contributed by atoms with van der Waals surface area (Å²) in [5.74, 6) is -0.0105. The molecule has 1 rings (SSSR count). The number of nitrogens with two attached hydrogens (primary N) is 1. The Morgan fingerprint density at radius 2 is 2.43 bits per heavy atom. The van der Waals surface area contributed by atoms with Crippen LogP contribution in [0, 0.1) is 10.1 Å². The van der Waals surface area contributed by atoms with Crippen LogP contribution < -0.4 is 10.5 Å².